The van der Waals surface area contributed by atoms with Gasteiger partial charge in [0.05, 0.1) is 24.0 Å². The Balaban J connectivity index is 2.25. The maximum Gasteiger partial charge on any atom is 0.0762 e. The average molecular weight is 349 g/mol. The Morgan fingerprint density at radius 2 is 2.05 bits per heavy atom. The minimum atomic E-state index is -0.455. The highest BCUT2D eigenvalue weighted by atomic mass is 79.9. The number of pyridine rings is 1. The fourth-order valence-electron chi connectivity index (χ4n) is 2.29. The highest BCUT2D eigenvalue weighted by Gasteiger charge is 2.12. The van der Waals surface area contributed by atoms with Crippen LogP contribution in [0.1, 0.15) is 36.9 Å². The van der Waals surface area contributed by atoms with E-state index in [-0.39, 0.29) is 0 Å². The van der Waals surface area contributed by atoms with Gasteiger partial charge >= 0.3 is 0 Å². The van der Waals surface area contributed by atoms with Gasteiger partial charge in [-0.25, -0.2) is 0 Å². The largest absolute Gasteiger partial charge is 0.389 e. The Kier molecular flexibility index (Phi) is 5.37. The van der Waals surface area contributed by atoms with Crippen molar-refractivity contribution in [2.75, 3.05) is 11.4 Å². The molecule has 112 valence electrons. The highest BCUT2D eigenvalue weighted by Crippen LogP contribution is 2.30. The highest BCUT2D eigenvalue weighted by molar-refractivity contribution is 9.10. The number of rotatable bonds is 5. The maximum atomic E-state index is 9.66. The molecule has 2 rings (SSSR count). The summed E-state index contributed by atoms with van der Waals surface area (Å²) in [6, 6.07) is 12.1. The predicted octanol–water partition coefficient (Wildman–Crippen LogP) is 4.23. The second kappa shape index (κ2) is 7.05. The average Bonchev–Trinajstić information content (AvgIpc) is 2.45. The Hall–Kier alpha value is -1.39. The van der Waals surface area contributed by atoms with Crippen molar-refractivity contribution in [2.24, 2.45) is 0 Å². The molecule has 1 heterocycles. The number of nitrogens with zero attached hydrogens (tertiary/aromatic N) is 2. The molecular weight excluding hydrogens is 328 g/mol. The number of anilines is 1. The van der Waals surface area contributed by atoms with E-state index in [9.17, 15) is 5.11 Å². The molecule has 0 aliphatic rings. The fourth-order valence-corrected chi connectivity index (χ4v) is 2.94. The van der Waals surface area contributed by atoms with Crippen LogP contribution >= 0.6 is 15.9 Å². The van der Waals surface area contributed by atoms with Crippen LogP contribution in [0.15, 0.2) is 40.9 Å². The van der Waals surface area contributed by atoms with Gasteiger partial charge in [-0.15, -0.1) is 0 Å². The molecule has 21 heavy (non-hydrogen) atoms. The minimum Gasteiger partial charge on any atom is -0.389 e. The molecule has 1 aromatic heterocycles. The van der Waals surface area contributed by atoms with Gasteiger partial charge in [0.15, 0.2) is 0 Å². The van der Waals surface area contributed by atoms with E-state index in [4.69, 9.17) is 0 Å². The zero-order valence-electron chi connectivity index (χ0n) is 12.7. The molecule has 0 fully saturated rings. The molecule has 1 atom stereocenters. The van der Waals surface area contributed by atoms with E-state index >= 15 is 0 Å². The Bertz CT molecular complexity index is 613. The van der Waals surface area contributed by atoms with Crippen molar-refractivity contribution in [3.63, 3.8) is 0 Å². The lowest BCUT2D eigenvalue weighted by Crippen LogP contribution is -2.23. The number of aromatic nitrogens is 1. The number of aryl methyl sites for hydroxylation is 1. The van der Waals surface area contributed by atoms with Gasteiger partial charge < -0.3 is 10.0 Å². The molecule has 4 heteroatoms. The van der Waals surface area contributed by atoms with Crippen LogP contribution in [-0.4, -0.2) is 16.6 Å². The first-order chi connectivity index (χ1) is 10.0. The van der Waals surface area contributed by atoms with Crippen LogP contribution in [0.25, 0.3) is 0 Å². The van der Waals surface area contributed by atoms with Crippen LogP contribution < -0.4 is 4.90 Å². The summed E-state index contributed by atoms with van der Waals surface area (Å²) in [5.41, 5.74) is 4.12. The molecule has 1 aromatic carbocycles. The van der Waals surface area contributed by atoms with Gasteiger partial charge in [-0.05, 0) is 66.5 Å². The van der Waals surface area contributed by atoms with Crippen molar-refractivity contribution < 1.29 is 5.11 Å². The van der Waals surface area contributed by atoms with E-state index < -0.39 is 6.10 Å². The van der Waals surface area contributed by atoms with E-state index in [1.54, 1.807) is 6.92 Å². The number of halogens is 1. The first kappa shape index (κ1) is 16.0. The van der Waals surface area contributed by atoms with Crippen LogP contribution in [-0.2, 0) is 6.54 Å². The van der Waals surface area contributed by atoms with Gasteiger partial charge in [-0.3, -0.25) is 4.98 Å². The summed E-state index contributed by atoms with van der Waals surface area (Å²) in [5, 5.41) is 9.66. The second-order valence-corrected chi connectivity index (χ2v) is 6.03. The van der Waals surface area contributed by atoms with E-state index in [1.165, 1.54) is 0 Å². The monoisotopic (exact) mass is 348 g/mol. The van der Waals surface area contributed by atoms with Crippen molar-refractivity contribution in [1.29, 1.82) is 0 Å². The van der Waals surface area contributed by atoms with Crippen LogP contribution in [0.3, 0.4) is 0 Å². The number of hydrogen-bond donors (Lipinski definition) is 1. The van der Waals surface area contributed by atoms with E-state index in [0.29, 0.717) is 0 Å². The number of hydrogen-bond acceptors (Lipinski definition) is 3. The third-order valence-corrected chi connectivity index (χ3v) is 4.11. The van der Waals surface area contributed by atoms with Gasteiger partial charge in [0.2, 0.25) is 0 Å². The third kappa shape index (κ3) is 4.05. The molecule has 0 unspecified atom stereocenters. The first-order valence-electron chi connectivity index (χ1n) is 7.16. The lowest BCUT2D eigenvalue weighted by molar-refractivity contribution is 0.199. The van der Waals surface area contributed by atoms with E-state index in [1.807, 2.05) is 43.3 Å². The quantitative estimate of drug-likeness (QED) is 0.878. The normalized spacial score (nSPS) is 12.2. The molecule has 0 radical (unpaired) electrons. The van der Waals surface area contributed by atoms with Crippen molar-refractivity contribution in [1.82, 2.24) is 4.98 Å². The topological polar surface area (TPSA) is 36.4 Å². The van der Waals surface area contributed by atoms with Gasteiger partial charge in [-0.2, -0.15) is 0 Å². The van der Waals surface area contributed by atoms with Gasteiger partial charge in [0.25, 0.3) is 0 Å². The lowest BCUT2D eigenvalue weighted by atomic mass is 10.1. The molecule has 0 saturated carbocycles. The molecule has 1 N–H and O–H groups in total. The van der Waals surface area contributed by atoms with Crippen LogP contribution in [0.2, 0.25) is 0 Å². The Morgan fingerprint density at radius 3 is 2.62 bits per heavy atom. The van der Waals surface area contributed by atoms with Crippen molar-refractivity contribution >= 4 is 21.6 Å². The minimum absolute atomic E-state index is 0.455. The molecule has 0 aliphatic carbocycles. The number of aliphatic hydroxyl groups excluding tert-OH is 1. The summed E-state index contributed by atoms with van der Waals surface area (Å²) in [6.45, 7) is 7.57. The molecule has 0 aliphatic heterocycles. The molecular formula is C17H21BrN2O. The second-order valence-electron chi connectivity index (χ2n) is 5.17. The van der Waals surface area contributed by atoms with Gasteiger partial charge in [0, 0.05) is 16.7 Å². The Morgan fingerprint density at radius 1 is 1.29 bits per heavy atom. The number of benzene rings is 1. The SMILES string of the molecule is CCN(Cc1cccc(C)n1)c1ccc([C@@H](C)O)cc1Br. The fraction of sp³-hybridized carbons (Fsp3) is 0.353. The van der Waals surface area contributed by atoms with Crippen molar-refractivity contribution in [3.05, 3.63) is 57.8 Å². The lowest BCUT2D eigenvalue weighted by Gasteiger charge is -2.24. The van der Waals surface area contributed by atoms with Crippen molar-refractivity contribution in [2.45, 2.75) is 33.4 Å². The molecule has 0 spiro atoms. The third-order valence-electron chi connectivity index (χ3n) is 3.48. The molecule has 0 saturated heterocycles. The summed E-state index contributed by atoms with van der Waals surface area (Å²) in [4.78, 5) is 6.83. The molecule has 3 nitrogen and oxygen atoms in total. The van der Waals surface area contributed by atoms with Crippen LogP contribution in [0.4, 0.5) is 5.69 Å². The van der Waals surface area contributed by atoms with Gasteiger partial charge in [0.1, 0.15) is 0 Å². The van der Waals surface area contributed by atoms with E-state index in [0.717, 1.165) is 40.2 Å². The van der Waals surface area contributed by atoms with Crippen molar-refractivity contribution in [3.8, 4) is 0 Å². The summed E-state index contributed by atoms with van der Waals surface area (Å²) in [7, 11) is 0. The molecule has 2 aromatic rings. The van der Waals surface area contributed by atoms with Crippen LogP contribution in [0, 0.1) is 6.92 Å². The first-order valence-corrected chi connectivity index (χ1v) is 7.95. The predicted molar refractivity (Wildman–Crippen MR) is 90.5 cm³/mol. The standard InChI is InChI=1S/C17H21BrN2O/c1-4-20(11-15-7-5-6-12(2)19-15)17-9-8-14(13(3)21)10-16(17)18/h5-10,13,21H,4,11H2,1-3H3/t13-/m1/s1. The number of aliphatic hydroxyl groups is 1. The molecule has 0 amide bonds. The maximum absolute atomic E-state index is 9.66. The molecule has 0 bridgehead atoms. The summed E-state index contributed by atoms with van der Waals surface area (Å²) >= 11 is 3.61. The van der Waals surface area contributed by atoms with Gasteiger partial charge in [-0.1, -0.05) is 12.1 Å². The summed E-state index contributed by atoms with van der Waals surface area (Å²) in [5.74, 6) is 0. The zero-order chi connectivity index (χ0) is 15.4. The van der Waals surface area contributed by atoms with Crippen LogP contribution in [0.5, 0.6) is 0 Å². The summed E-state index contributed by atoms with van der Waals surface area (Å²) in [6.07, 6.45) is -0.455. The Labute approximate surface area is 134 Å². The summed E-state index contributed by atoms with van der Waals surface area (Å²) < 4.78 is 0.996. The zero-order valence-corrected chi connectivity index (χ0v) is 14.3. The van der Waals surface area contributed by atoms with E-state index in [2.05, 4.69) is 32.7 Å². The smallest absolute Gasteiger partial charge is 0.0762 e.